The van der Waals surface area contributed by atoms with Gasteiger partial charge < -0.3 is 9.47 Å². The van der Waals surface area contributed by atoms with Gasteiger partial charge in [-0.25, -0.2) is 4.99 Å². The highest BCUT2D eigenvalue weighted by Crippen LogP contribution is 2.24. The van der Waals surface area contributed by atoms with Crippen molar-refractivity contribution in [3.05, 3.63) is 72.3 Å². The fraction of sp³-hybridized carbons (Fsp3) is 0.250. The molecule has 0 fully saturated rings. The van der Waals surface area contributed by atoms with Gasteiger partial charge in [-0.05, 0) is 42.7 Å². The van der Waals surface area contributed by atoms with Crippen molar-refractivity contribution in [2.24, 2.45) is 4.99 Å². The number of halogens is 3. The monoisotopic (exact) mass is 363 g/mol. The molecule has 0 bridgehead atoms. The number of alkyl halides is 3. The highest BCUT2D eigenvalue weighted by atomic mass is 19.4. The summed E-state index contributed by atoms with van der Waals surface area (Å²) in [7, 11) is 1.48. The molecule has 0 saturated heterocycles. The van der Waals surface area contributed by atoms with Gasteiger partial charge in [0.15, 0.2) is 0 Å². The van der Waals surface area contributed by atoms with E-state index < -0.39 is 12.1 Å². The fourth-order valence-electron chi connectivity index (χ4n) is 2.16. The first-order valence-electron chi connectivity index (χ1n) is 8.10. The molecule has 0 atom stereocenters. The number of aryl methyl sites for hydroxylation is 1. The number of aliphatic imine (C=N–C) groups is 1. The summed E-state index contributed by atoms with van der Waals surface area (Å²) in [6, 6.07) is 15.8. The van der Waals surface area contributed by atoms with Gasteiger partial charge in [-0.3, -0.25) is 0 Å². The molecule has 2 rings (SSSR count). The second-order valence-corrected chi connectivity index (χ2v) is 5.42. The van der Waals surface area contributed by atoms with Crippen LogP contribution in [0.3, 0.4) is 0 Å². The van der Waals surface area contributed by atoms with E-state index in [1.54, 1.807) is 12.2 Å². The highest BCUT2D eigenvalue weighted by Gasteiger charge is 2.38. The Balaban J connectivity index is 1.89. The lowest BCUT2D eigenvalue weighted by Gasteiger charge is -2.11. The Morgan fingerprint density at radius 1 is 1.00 bits per heavy atom. The average Bonchev–Trinajstić information content (AvgIpc) is 2.64. The van der Waals surface area contributed by atoms with Crippen LogP contribution < -0.4 is 4.74 Å². The number of methoxy groups -OCH3 is 1. The first-order valence-corrected chi connectivity index (χ1v) is 8.10. The molecule has 0 aromatic heterocycles. The van der Waals surface area contributed by atoms with Crippen LogP contribution in [0.15, 0.2) is 71.7 Å². The number of benzene rings is 2. The van der Waals surface area contributed by atoms with Crippen LogP contribution in [0.4, 0.5) is 18.9 Å². The van der Waals surface area contributed by atoms with E-state index in [0.717, 1.165) is 12.8 Å². The Kier molecular flexibility index (Phi) is 7.26. The molecule has 0 amide bonds. The van der Waals surface area contributed by atoms with Crippen molar-refractivity contribution >= 4 is 11.6 Å². The number of hydrogen-bond acceptors (Lipinski definition) is 3. The van der Waals surface area contributed by atoms with Crippen molar-refractivity contribution in [3.8, 4) is 5.75 Å². The van der Waals surface area contributed by atoms with Gasteiger partial charge in [-0.2, -0.15) is 13.2 Å². The number of hydrogen-bond donors (Lipinski definition) is 0. The first-order chi connectivity index (χ1) is 12.5. The topological polar surface area (TPSA) is 30.8 Å². The second kappa shape index (κ2) is 9.65. The molecule has 0 unspecified atom stereocenters. The predicted molar refractivity (Wildman–Crippen MR) is 96.0 cm³/mol. The van der Waals surface area contributed by atoms with E-state index in [2.05, 4.69) is 4.99 Å². The largest absolute Gasteiger partial charge is 0.497 e. The highest BCUT2D eigenvalue weighted by molar-refractivity contribution is 5.84. The zero-order valence-corrected chi connectivity index (χ0v) is 14.4. The Hall–Kier alpha value is -2.76. The lowest BCUT2D eigenvalue weighted by molar-refractivity contribution is -0.0770. The maximum atomic E-state index is 13.0. The summed E-state index contributed by atoms with van der Waals surface area (Å²) in [5, 5.41) is 0. The molecule has 2 aromatic carbocycles. The minimum Gasteiger partial charge on any atom is -0.497 e. The van der Waals surface area contributed by atoms with Crippen LogP contribution in [0, 0.1) is 0 Å². The summed E-state index contributed by atoms with van der Waals surface area (Å²) in [5.41, 5.74) is 1.32. The van der Waals surface area contributed by atoms with Crippen LogP contribution in [0.2, 0.25) is 0 Å². The minimum atomic E-state index is -4.65. The third-order valence-corrected chi connectivity index (χ3v) is 3.47. The normalized spacial score (nSPS) is 12.4. The number of rotatable bonds is 7. The van der Waals surface area contributed by atoms with Crippen LogP contribution in [0.25, 0.3) is 0 Å². The van der Waals surface area contributed by atoms with E-state index in [9.17, 15) is 13.2 Å². The smallest absolute Gasteiger partial charge is 0.468 e. The van der Waals surface area contributed by atoms with E-state index >= 15 is 0 Å². The number of allylic oxidation sites excluding steroid dienone is 1. The lowest BCUT2D eigenvalue weighted by atomic mass is 10.1. The summed E-state index contributed by atoms with van der Waals surface area (Å²) in [6.45, 7) is -0.191. The summed E-state index contributed by atoms with van der Waals surface area (Å²) < 4.78 is 48.9. The molecular formula is C20H20F3NO2. The van der Waals surface area contributed by atoms with Gasteiger partial charge >= 0.3 is 6.18 Å². The molecule has 138 valence electrons. The molecule has 0 saturated carbocycles. The zero-order valence-electron chi connectivity index (χ0n) is 14.4. The van der Waals surface area contributed by atoms with Crippen LogP contribution in [0.5, 0.6) is 5.75 Å². The molecule has 0 spiro atoms. The lowest BCUT2D eigenvalue weighted by Crippen LogP contribution is -2.25. The molecule has 2 aromatic rings. The summed E-state index contributed by atoms with van der Waals surface area (Å²) in [4.78, 5) is 3.55. The van der Waals surface area contributed by atoms with Crippen molar-refractivity contribution in [1.29, 1.82) is 0 Å². The molecule has 0 radical (unpaired) electrons. The van der Waals surface area contributed by atoms with Crippen LogP contribution in [-0.2, 0) is 11.2 Å². The van der Waals surface area contributed by atoms with E-state index in [4.69, 9.17) is 9.47 Å². The van der Waals surface area contributed by atoms with Gasteiger partial charge in [0.2, 0.25) is 0 Å². The van der Waals surface area contributed by atoms with Crippen LogP contribution in [0.1, 0.15) is 12.0 Å². The maximum Gasteiger partial charge on any atom is 0.468 e. The van der Waals surface area contributed by atoms with Gasteiger partial charge in [-0.1, -0.05) is 42.5 Å². The second-order valence-electron chi connectivity index (χ2n) is 5.42. The number of ether oxygens (including phenoxy) is 2. The maximum absolute atomic E-state index is 13.0. The first kappa shape index (κ1) is 19.6. The third kappa shape index (κ3) is 6.63. The zero-order chi connectivity index (χ0) is 18.8. The molecule has 0 heterocycles. The Bertz CT molecular complexity index is 723. The van der Waals surface area contributed by atoms with Gasteiger partial charge in [0, 0.05) is 0 Å². The molecule has 0 aliphatic rings. The molecule has 0 N–H and O–H groups in total. The molecular weight excluding hydrogens is 343 g/mol. The van der Waals surface area contributed by atoms with Crippen molar-refractivity contribution in [3.63, 3.8) is 0 Å². The van der Waals surface area contributed by atoms with Gasteiger partial charge in [-0.15, -0.1) is 0 Å². The molecule has 26 heavy (non-hydrogen) atoms. The standard InChI is InChI=1S/C20H20F3NO2/c1-25-18-13-11-17(12-14-18)24-19(20(21,22)23)26-15-7-3-6-10-16-8-4-2-5-9-16/h2-5,7-9,11-14H,6,10,15H2,1H3/b7-3+,24-19?. The van der Waals surface area contributed by atoms with Gasteiger partial charge in [0.1, 0.15) is 12.4 Å². The molecule has 3 nitrogen and oxygen atoms in total. The predicted octanol–water partition coefficient (Wildman–Crippen LogP) is 5.49. The Morgan fingerprint density at radius 3 is 2.31 bits per heavy atom. The van der Waals surface area contributed by atoms with Crippen molar-refractivity contribution in [1.82, 2.24) is 0 Å². The minimum absolute atomic E-state index is 0.145. The average molecular weight is 363 g/mol. The van der Waals surface area contributed by atoms with Gasteiger partial charge in [0.25, 0.3) is 5.90 Å². The fourth-order valence-corrected chi connectivity index (χ4v) is 2.16. The van der Waals surface area contributed by atoms with Crippen LogP contribution >= 0.6 is 0 Å². The Morgan fingerprint density at radius 2 is 1.69 bits per heavy atom. The van der Waals surface area contributed by atoms with Crippen molar-refractivity contribution in [2.45, 2.75) is 19.0 Å². The number of nitrogens with zero attached hydrogens (tertiary/aromatic N) is 1. The van der Waals surface area contributed by atoms with E-state index in [-0.39, 0.29) is 12.3 Å². The van der Waals surface area contributed by atoms with Crippen molar-refractivity contribution in [2.75, 3.05) is 13.7 Å². The van der Waals surface area contributed by atoms with Crippen molar-refractivity contribution < 1.29 is 22.6 Å². The van der Waals surface area contributed by atoms with E-state index in [1.807, 2.05) is 30.3 Å². The third-order valence-electron chi connectivity index (χ3n) is 3.47. The van der Waals surface area contributed by atoms with Crippen LogP contribution in [-0.4, -0.2) is 25.8 Å². The SMILES string of the molecule is COc1ccc(N=C(OC/C=C/CCc2ccccc2)C(F)(F)F)cc1. The Labute approximate surface area is 150 Å². The summed E-state index contributed by atoms with van der Waals surface area (Å²) in [5.74, 6) is -0.727. The molecule has 0 aliphatic carbocycles. The summed E-state index contributed by atoms with van der Waals surface area (Å²) in [6.07, 6.45) is 0.262. The molecule has 0 aliphatic heterocycles. The molecule has 6 heteroatoms. The summed E-state index contributed by atoms with van der Waals surface area (Å²) >= 11 is 0. The van der Waals surface area contributed by atoms with E-state index in [1.165, 1.54) is 36.9 Å². The quantitative estimate of drug-likeness (QED) is 0.370. The van der Waals surface area contributed by atoms with Gasteiger partial charge in [0.05, 0.1) is 12.8 Å². The van der Waals surface area contributed by atoms with E-state index in [0.29, 0.717) is 5.75 Å².